The lowest BCUT2D eigenvalue weighted by Crippen LogP contribution is -2.24. The molecule has 108 valence electrons. The lowest BCUT2D eigenvalue weighted by Gasteiger charge is -2.11. The zero-order chi connectivity index (χ0) is 14.5. The highest BCUT2D eigenvalue weighted by atomic mass is 32.2. The molecule has 0 saturated heterocycles. The number of sulfonamides is 1. The number of nitrogen functional groups attached to an aromatic ring is 1. The van der Waals surface area contributed by atoms with Crippen LogP contribution in [0.25, 0.3) is 0 Å². The fraction of sp³-hybridized carbons (Fsp3) is 0.455. The quantitative estimate of drug-likeness (QED) is 0.509. The lowest BCUT2D eigenvalue weighted by atomic mass is 10.2. The molecule has 0 bridgehead atoms. The molecule has 0 aliphatic carbocycles. The topological polar surface area (TPSA) is 93.5 Å². The van der Waals surface area contributed by atoms with Gasteiger partial charge in [0.2, 0.25) is 10.0 Å². The molecule has 0 atom stereocenters. The van der Waals surface area contributed by atoms with Gasteiger partial charge in [0, 0.05) is 25.2 Å². The van der Waals surface area contributed by atoms with Gasteiger partial charge in [-0.05, 0) is 6.42 Å². The molecule has 0 aromatic heterocycles. The largest absolute Gasteiger partial charge is 0.494 e. The van der Waals surface area contributed by atoms with Crippen molar-refractivity contribution in [2.75, 3.05) is 37.5 Å². The van der Waals surface area contributed by atoms with Crippen molar-refractivity contribution in [2.45, 2.75) is 6.42 Å². The number of nitrogens with two attached hydrogens (primary N) is 1. The SMILES string of the molecule is COc1cc(NCCCNS(C)(=O)=O)c(N)cc1F. The molecule has 0 radical (unpaired) electrons. The first-order valence-electron chi connectivity index (χ1n) is 5.65. The third-order valence-corrected chi connectivity index (χ3v) is 3.09. The van der Waals surface area contributed by atoms with Crippen LogP contribution in [0.3, 0.4) is 0 Å². The fourth-order valence-electron chi connectivity index (χ4n) is 1.45. The Bertz CT molecular complexity index is 534. The van der Waals surface area contributed by atoms with E-state index < -0.39 is 15.8 Å². The molecular formula is C11H18FN3O3S. The number of benzene rings is 1. The van der Waals surface area contributed by atoms with Gasteiger partial charge in [0.15, 0.2) is 11.6 Å². The van der Waals surface area contributed by atoms with E-state index in [4.69, 9.17) is 10.5 Å². The molecule has 0 spiro atoms. The minimum atomic E-state index is -3.17. The molecule has 19 heavy (non-hydrogen) atoms. The second-order valence-electron chi connectivity index (χ2n) is 4.02. The van der Waals surface area contributed by atoms with Crippen molar-refractivity contribution in [2.24, 2.45) is 0 Å². The van der Waals surface area contributed by atoms with Crippen LogP contribution in [0.4, 0.5) is 15.8 Å². The number of ether oxygens (including phenoxy) is 1. The van der Waals surface area contributed by atoms with Crippen molar-refractivity contribution in [3.05, 3.63) is 17.9 Å². The van der Waals surface area contributed by atoms with Gasteiger partial charge in [0.1, 0.15) is 0 Å². The number of hydrogen-bond donors (Lipinski definition) is 3. The average molecular weight is 291 g/mol. The van der Waals surface area contributed by atoms with Gasteiger partial charge in [-0.3, -0.25) is 0 Å². The maximum Gasteiger partial charge on any atom is 0.208 e. The zero-order valence-electron chi connectivity index (χ0n) is 10.9. The fourth-order valence-corrected chi connectivity index (χ4v) is 1.96. The molecule has 8 heteroatoms. The maximum atomic E-state index is 13.3. The highest BCUT2D eigenvalue weighted by Crippen LogP contribution is 2.27. The van der Waals surface area contributed by atoms with E-state index >= 15 is 0 Å². The summed E-state index contributed by atoms with van der Waals surface area (Å²) < 4.78 is 42.2. The van der Waals surface area contributed by atoms with Gasteiger partial charge < -0.3 is 15.8 Å². The van der Waals surface area contributed by atoms with Crippen LogP contribution in [0.2, 0.25) is 0 Å². The average Bonchev–Trinajstić information content (AvgIpc) is 2.29. The van der Waals surface area contributed by atoms with Gasteiger partial charge in [0.25, 0.3) is 0 Å². The molecule has 4 N–H and O–H groups in total. The van der Waals surface area contributed by atoms with E-state index in [-0.39, 0.29) is 11.4 Å². The molecule has 0 aliphatic heterocycles. The summed E-state index contributed by atoms with van der Waals surface area (Å²) in [5, 5.41) is 2.99. The summed E-state index contributed by atoms with van der Waals surface area (Å²) >= 11 is 0. The number of methoxy groups -OCH3 is 1. The van der Waals surface area contributed by atoms with Gasteiger partial charge in [-0.25, -0.2) is 17.5 Å². The van der Waals surface area contributed by atoms with E-state index in [0.717, 1.165) is 6.26 Å². The van der Waals surface area contributed by atoms with Crippen LogP contribution in [0.15, 0.2) is 12.1 Å². The predicted octanol–water partition coefficient (Wildman–Crippen LogP) is 0.768. The normalized spacial score (nSPS) is 11.3. The first-order chi connectivity index (χ1) is 8.83. The van der Waals surface area contributed by atoms with Crippen LogP contribution >= 0.6 is 0 Å². The van der Waals surface area contributed by atoms with Crippen LogP contribution in [0.1, 0.15) is 6.42 Å². The van der Waals surface area contributed by atoms with Crippen LogP contribution in [-0.2, 0) is 10.0 Å². The van der Waals surface area contributed by atoms with Crippen molar-refractivity contribution in [3.8, 4) is 5.75 Å². The Kier molecular flexibility index (Phi) is 5.37. The van der Waals surface area contributed by atoms with E-state index in [1.807, 2.05) is 0 Å². The third-order valence-electron chi connectivity index (χ3n) is 2.36. The van der Waals surface area contributed by atoms with Gasteiger partial charge >= 0.3 is 0 Å². The number of halogens is 1. The summed E-state index contributed by atoms with van der Waals surface area (Å²) in [6.07, 6.45) is 1.68. The van der Waals surface area contributed by atoms with Crippen LogP contribution in [0, 0.1) is 5.82 Å². The van der Waals surface area contributed by atoms with Gasteiger partial charge in [-0.1, -0.05) is 0 Å². The van der Waals surface area contributed by atoms with E-state index in [2.05, 4.69) is 10.0 Å². The molecule has 0 fully saturated rings. The van der Waals surface area contributed by atoms with Gasteiger partial charge in [0.05, 0.1) is 24.7 Å². The molecular weight excluding hydrogens is 273 g/mol. The number of nitrogens with one attached hydrogen (secondary N) is 2. The lowest BCUT2D eigenvalue weighted by molar-refractivity contribution is 0.387. The van der Waals surface area contributed by atoms with Crippen LogP contribution < -0.4 is 20.5 Å². The van der Waals surface area contributed by atoms with Crippen molar-refractivity contribution in [3.63, 3.8) is 0 Å². The zero-order valence-corrected chi connectivity index (χ0v) is 11.7. The standard InChI is InChI=1S/C11H18FN3O3S/c1-18-11-7-10(9(13)6-8(11)12)14-4-3-5-15-19(2,16)17/h6-7,14-15H,3-5,13H2,1-2H3. The first-order valence-corrected chi connectivity index (χ1v) is 7.54. The van der Waals surface area contributed by atoms with Crippen molar-refractivity contribution in [1.29, 1.82) is 0 Å². The first kappa shape index (κ1) is 15.5. The van der Waals surface area contributed by atoms with E-state index in [9.17, 15) is 12.8 Å². The molecule has 1 aromatic carbocycles. The monoisotopic (exact) mass is 291 g/mol. The highest BCUT2D eigenvalue weighted by molar-refractivity contribution is 7.88. The maximum absolute atomic E-state index is 13.3. The summed E-state index contributed by atoms with van der Waals surface area (Å²) in [6, 6.07) is 2.64. The van der Waals surface area contributed by atoms with Crippen molar-refractivity contribution in [1.82, 2.24) is 4.72 Å². The molecule has 0 unspecified atom stereocenters. The molecule has 1 aromatic rings. The smallest absolute Gasteiger partial charge is 0.208 e. The summed E-state index contributed by atoms with van der Waals surface area (Å²) in [7, 11) is -1.80. The van der Waals surface area contributed by atoms with E-state index in [1.54, 1.807) is 0 Å². The van der Waals surface area contributed by atoms with E-state index in [0.29, 0.717) is 25.2 Å². The van der Waals surface area contributed by atoms with Crippen LogP contribution in [0.5, 0.6) is 5.75 Å². The Balaban J connectivity index is 2.49. The Morgan fingerprint density at radius 2 is 2.05 bits per heavy atom. The molecule has 0 amide bonds. The Morgan fingerprint density at radius 3 is 2.63 bits per heavy atom. The van der Waals surface area contributed by atoms with Gasteiger partial charge in [-0.2, -0.15) is 0 Å². The minimum Gasteiger partial charge on any atom is -0.494 e. The molecule has 0 aliphatic rings. The molecule has 6 nitrogen and oxygen atoms in total. The summed E-state index contributed by atoms with van der Waals surface area (Å²) in [5.74, 6) is -0.421. The molecule has 1 rings (SSSR count). The van der Waals surface area contributed by atoms with E-state index in [1.165, 1.54) is 19.2 Å². The summed E-state index contributed by atoms with van der Waals surface area (Å²) in [4.78, 5) is 0. The van der Waals surface area contributed by atoms with Crippen molar-refractivity contribution >= 4 is 21.4 Å². The number of rotatable bonds is 7. The highest BCUT2D eigenvalue weighted by Gasteiger charge is 2.07. The van der Waals surface area contributed by atoms with Crippen LogP contribution in [-0.4, -0.2) is 34.9 Å². The Labute approximate surface area is 112 Å². The second-order valence-corrected chi connectivity index (χ2v) is 5.85. The van der Waals surface area contributed by atoms with Gasteiger partial charge in [-0.15, -0.1) is 0 Å². The Morgan fingerprint density at radius 1 is 1.37 bits per heavy atom. The molecule has 0 saturated carbocycles. The molecule has 0 heterocycles. The number of hydrogen-bond acceptors (Lipinski definition) is 5. The third kappa shape index (κ3) is 5.31. The Hall–Kier alpha value is -1.54. The minimum absolute atomic E-state index is 0.103. The summed E-state index contributed by atoms with van der Waals surface area (Å²) in [6.45, 7) is 0.825. The van der Waals surface area contributed by atoms with Crippen molar-refractivity contribution < 1.29 is 17.5 Å². The predicted molar refractivity (Wildman–Crippen MR) is 73.3 cm³/mol. The summed E-state index contributed by atoms with van der Waals surface area (Å²) in [5.41, 5.74) is 6.49. The second kappa shape index (κ2) is 6.58. The number of anilines is 2.